The van der Waals surface area contributed by atoms with E-state index in [2.05, 4.69) is 4.72 Å². The van der Waals surface area contributed by atoms with Crippen LogP contribution in [0, 0.1) is 5.82 Å². The Bertz CT molecular complexity index is 629. The minimum atomic E-state index is -3.93. The second-order valence-corrected chi connectivity index (χ2v) is 7.42. The van der Waals surface area contributed by atoms with E-state index in [4.69, 9.17) is 21.4 Å². The molecule has 1 aromatic rings. The second-order valence-electron chi connectivity index (χ2n) is 5.36. The van der Waals surface area contributed by atoms with E-state index < -0.39 is 28.0 Å². The van der Waals surface area contributed by atoms with Gasteiger partial charge in [0.05, 0.1) is 28.7 Å². The van der Waals surface area contributed by atoms with Gasteiger partial charge in [0.15, 0.2) is 0 Å². The molecule has 1 unspecified atom stereocenters. The van der Waals surface area contributed by atoms with Crippen molar-refractivity contribution in [2.75, 3.05) is 13.2 Å². The van der Waals surface area contributed by atoms with Gasteiger partial charge in [-0.05, 0) is 31.9 Å². The highest BCUT2D eigenvalue weighted by molar-refractivity contribution is 7.89. The van der Waals surface area contributed by atoms with Crippen LogP contribution in [0.5, 0.6) is 0 Å². The molecule has 8 heteroatoms. The Morgan fingerprint density at radius 1 is 1.52 bits per heavy atom. The summed E-state index contributed by atoms with van der Waals surface area (Å²) in [7, 11) is -3.93. The van der Waals surface area contributed by atoms with Crippen molar-refractivity contribution in [1.29, 1.82) is 0 Å². The molecule has 1 aliphatic heterocycles. The zero-order chi connectivity index (χ0) is 15.7. The molecule has 0 bridgehead atoms. The lowest BCUT2D eigenvalue weighted by Crippen LogP contribution is -2.51. The van der Waals surface area contributed by atoms with Crippen LogP contribution in [0.2, 0.25) is 5.02 Å². The maximum Gasteiger partial charge on any atom is 0.241 e. The highest BCUT2D eigenvalue weighted by Crippen LogP contribution is 2.26. The first-order chi connectivity index (χ1) is 9.77. The summed E-state index contributed by atoms with van der Waals surface area (Å²) in [4.78, 5) is -0.264. The van der Waals surface area contributed by atoms with Crippen LogP contribution in [0.15, 0.2) is 17.0 Å². The summed E-state index contributed by atoms with van der Waals surface area (Å²) >= 11 is 5.66. The van der Waals surface area contributed by atoms with Gasteiger partial charge in [0, 0.05) is 12.2 Å². The largest absolute Gasteiger partial charge is 0.392 e. The number of aliphatic hydroxyl groups is 1. The maximum absolute atomic E-state index is 13.7. The molecule has 1 aromatic carbocycles. The third-order valence-corrected chi connectivity index (χ3v) is 5.42. The Balaban J connectivity index is 2.33. The Hall–Kier alpha value is -0.730. The van der Waals surface area contributed by atoms with Gasteiger partial charge in [0.1, 0.15) is 5.82 Å². The molecule has 0 amide bonds. The molecule has 1 atom stereocenters. The number of aliphatic hydroxyl groups excluding tert-OH is 1. The first-order valence-corrected chi connectivity index (χ1v) is 8.34. The standard InChI is InChI=1S/C13H17ClFNO4S/c1-13(3-2-4-20-8-13)16-21(18,19)10-5-9(7-17)12(14)11(15)6-10/h5-6,16-17H,2-4,7-8H2,1H3. The van der Waals surface area contributed by atoms with Gasteiger partial charge in [-0.25, -0.2) is 17.5 Å². The molecule has 2 N–H and O–H groups in total. The van der Waals surface area contributed by atoms with Crippen molar-refractivity contribution in [3.05, 3.63) is 28.5 Å². The lowest BCUT2D eigenvalue weighted by atomic mass is 9.97. The summed E-state index contributed by atoms with van der Waals surface area (Å²) in [6.07, 6.45) is 1.38. The van der Waals surface area contributed by atoms with E-state index in [-0.39, 0.29) is 22.1 Å². The molecule has 2 rings (SSSR count). The number of ether oxygens (including phenoxy) is 1. The summed E-state index contributed by atoms with van der Waals surface area (Å²) in [6, 6.07) is 2.01. The number of benzene rings is 1. The topological polar surface area (TPSA) is 75.6 Å². The van der Waals surface area contributed by atoms with E-state index in [0.717, 1.165) is 12.5 Å². The van der Waals surface area contributed by atoms with Gasteiger partial charge < -0.3 is 9.84 Å². The zero-order valence-electron chi connectivity index (χ0n) is 11.5. The van der Waals surface area contributed by atoms with Gasteiger partial charge >= 0.3 is 0 Å². The quantitative estimate of drug-likeness (QED) is 0.878. The van der Waals surface area contributed by atoms with E-state index in [1.54, 1.807) is 6.92 Å². The monoisotopic (exact) mass is 337 g/mol. The highest BCUT2D eigenvalue weighted by atomic mass is 35.5. The first kappa shape index (κ1) is 16.6. The average molecular weight is 338 g/mol. The lowest BCUT2D eigenvalue weighted by molar-refractivity contribution is 0.0386. The number of hydrogen-bond acceptors (Lipinski definition) is 4. The Labute approximate surface area is 128 Å². The van der Waals surface area contributed by atoms with Gasteiger partial charge in [-0.1, -0.05) is 11.6 Å². The van der Waals surface area contributed by atoms with Gasteiger partial charge in [0.2, 0.25) is 10.0 Å². The van der Waals surface area contributed by atoms with Crippen LogP contribution < -0.4 is 4.72 Å². The molecule has 0 saturated carbocycles. The van der Waals surface area contributed by atoms with Crippen LogP contribution in [0.3, 0.4) is 0 Å². The van der Waals surface area contributed by atoms with Crippen LogP contribution in [-0.4, -0.2) is 32.3 Å². The summed E-state index contributed by atoms with van der Waals surface area (Å²) in [5.41, 5.74) is -0.700. The molecule has 0 spiro atoms. The number of sulfonamides is 1. The predicted molar refractivity (Wildman–Crippen MR) is 76.1 cm³/mol. The van der Waals surface area contributed by atoms with Crippen molar-refractivity contribution in [1.82, 2.24) is 4.72 Å². The fourth-order valence-corrected chi connectivity index (χ4v) is 3.94. The molecule has 21 heavy (non-hydrogen) atoms. The molecular weight excluding hydrogens is 321 g/mol. The molecule has 1 aliphatic rings. The van der Waals surface area contributed by atoms with Crippen LogP contribution in [-0.2, 0) is 21.4 Å². The molecule has 0 radical (unpaired) electrons. The van der Waals surface area contributed by atoms with Crippen LogP contribution >= 0.6 is 11.6 Å². The van der Waals surface area contributed by atoms with Crippen molar-refractivity contribution in [2.24, 2.45) is 0 Å². The molecule has 1 saturated heterocycles. The van der Waals surface area contributed by atoms with E-state index >= 15 is 0 Å². The first-order valence-electron chi connectivity index (χ1n) is 6.48. The van der Waals surface area contributed by atoms with Gasteiger partial charge in [-0.15, -0.1) is 0 Å². The fraction of sp³-hybridized carbons (Fsp3) is 0.538. The average Bonchev–Trinajstić information content (AvgIpc) is 2.41. The molecule has 118 valence electrons. The van der Waals surface area contributed by atoms with Crippen molar-refractivity contribution in [2.45, 2.75) is 36.8 Å². The Morgan fingerprint density at radius 2 is 2.24 bits per heavy atom. The van der Waals surface area contributed by atoms with Gasteiger partial charge in [-0.2, -0.15) is 0 Å². The van der Waals surface area contributed by atoms with Crippen molar-refractivity contribution in [3.8, 4) is 0 Å². The Kier molecular flexibility index (Phi) is 4.89. The SMILES string of the molecule is CC1(NS(=O)(=O)c2cc(F)c(Cl)c(CO)c2)CCCOC1. The Morgan fingerprint density at radius 3 is 2.81 bits per heavy atom. The minimum absolute atomic E-state index is 0.0297. The molecule has 0 aromatic heterocycles. The summed E-state index contributed by atoms with van der Waals surface area (Å²) in [5, 5.41) is 8.84. The van der Waals surface area contributed by atoms with E-state index in [0.29, 0.717) is 13.0 Å². The molecule has 0 aliphatic carbocycles. The smallest absolute Gasteiger partial charge is 0.241 e. The van der Waals surface area contributed by atoms with Crippen molar-refractivity contribution >= 4 is 21.6 Å². The zero-order valence-corrected chi connectivity index (χ0v) is 13.1. The van der Waals surface area contributed by atoms with Crippen molar-refractivity contribution in [3.63, 3.8) is 0 Å². The second kappa shape index (κ2) is 6.18. The lowest BCUT2D eigenvalue weighted by Gasteiger charge is -2.33. The third-order valence-electron chi connectivity index (χ3n) is 3.38. The molecule has 5 nitrogen and oxygen atoms in total. The molecular formula is C13H17ClFNO4S. The fourth-order valence-electron chi connectivity index (χ4n) is 2.29. The van der Waals surface area contributed by atoms with E-state index in [1.165, 1.54) is 6.07 Å². The maximum atomic E-state index is 13.7. The summed E-state index contributed by atoms with van der Waals surface area (Å²) < 4.78 is 46.3. The third kappa shape index (κ3) is 3.73. The van der Waals surface area contributed by atoms with Crippen molar-refractivity contribution < 1.29 is 22.7 Å². The van der Waals surface area contributed by atoms with E-state index in [9.17, 15) is 12.8 Å². The number of nitrogens with one attached hydrogen (secondary N) is 1. The highest BCUT2D eigenvalue weighted by Gasteiger charge is 2.33. The van der Waals surface area contributed by atoms with Crippen LogP contribution in [0.1, 0.15) is 25.3 Å². The molecule has 1 heterocycles. The number of rotatable bonds is 4. The normalized spacial score (nSPS) is 23.2. The minimum Gasteiger partial charge on any atom is -0.392 e. The van der Waals surface area contributed by atoms with Gasteiger partial charge in [-0.3, -0.25) is 0 Å². The van der Waals surface area contributed by atoms with Gasteiger partial charge in [0.25, 0.3) is 0 Å². The van der Waals surface area contributed by atoms with E-state index in [1.807, 2.05) is 0 Å². The number of hydrogen-bond donors (Lipinski definition) is 2. The summed E-state index contributed by atoms with van der Waals surface area (Å²) in [6.45, 7) is 2.05. The number of halogens is 2. The van der Waals surface area contributed by atoms with Crippen LogP contribution in [0.25, 0.3) is 0 Å². The molecule has 1 fully saturated rings. The predicted octanol–water partition coefficient (Wildman–Crippen LogP) is 1.82. The van der Waals surface area contributed by atoms with Crippen LogP contribution in [0.4, 0.5) is 4.39 Å². The summed E-state index contributed by atoms with van der Waals surface area (Å²) in [5.74, 6) is -0.881.